The quantitative estimate of drug-likeness (QED) is 0.707. The first-order valence-corrected chi connectivity index (χ1v) is 8.08. The van der Waals surface area contributed by atoms with Crippen molar-refractivity contribution in [1.29, 1.82) is 0 Å². The van der Waals surface area contributed by atoms with Crippen LogP contribution in [0, 0.1) is 11.6 Å². The molecule has 4 nitrogen and oxygen atoms in total. The number of carbonyl (C=O) groups excluding carboxylic acids is 1. The van der Waals surface area contributed by atoms with E-state index in [0.29, 0.717) is 30.0 Å². The van der Waals surface area contributed by atoms with Crippen LogP contribution in [0.4, 0.5) is 14.6 Å². The summed E-state index contributed by atoms with van der Waals surface area (Å²) in [6.45, 7) is 0.599. The van der Waals surface area contributed by atoms with E-state index < -0.39 is 0 Å². The fourth-order valence-electron chi connectivity index (χ4n) is 2.35. The highest BCUT2D eigenvalue weighted by molar-refractivity contribution is 5.94. The van der Waals surface area contributed by atoms with Crippen molar-refractivity contribution in [2.45, 2.75) is 13.1 Å². The average Bonchev–Trinajstić information content (AvgIpc) is 2.67. The number of pyridine rings is 1. The minimum Gasteiger partial charge on any atom is -0.366 e. The van der Waals surface area contributed by atoms with Crippen molar-refractivity contribution in [3.8, 4) is 0 Å². The highest BCUT2D eigenvalue weighted by Gasteiger charge is 2.07. The third kappa shape index (κ3) is 4.63. The number of benzene rings is 2. The second kappa shape index (κ2) is 8.20. The Morgan fingerprint density at radius 1 is 0.923 bits per heavy atom. The molecule has 1 amide bonds. The SMILES string of the molecule is O=C(NCc1ccc(F)cc1)c1ccc(NCc2ccccc2F)nc1. The van der Waals surface area contributed by atoms with Crippen molar-refractivity contribution in [2.24, 2.45) is 0 Å². The Balaban J connectivity index is 1.54. The summed E-state index contributed by atoms with van der Waals surface area (Å²) in [6, 6.07) is 15.7. The number of rotatable bonds is 6. The van der Waals surface area contributed by atoms with Gasteiger partial charge in [-0.3, -0.25) is 4.79 Å². The normalized spacial score (nSPS) is 10.4. The molecule has 1 aromatic heterocycles. The summed E-state index contributed by atoms with van der Waals surface area (Å²) < 4.78 is 26.4. The minimum absolute atomic E-state index is 0.275. The average molecular weight is 353 g/mol. The van der Waals surface area contributed by atoms with Gasteiger partial charge in [0.1, 0.15) is 17.5 Å². The van der Waals surface area contributed by atoms with E-state index in [1.165, 1.54) is 24.4 Å². The zero-order valence-electron chi connectivity index (χ0n) is 13.9. The molecule has 0 fully saturated rings. The molecule has 0 unspecified atom stereocenters. The van der Waals surface area contributed by atoms with Crippen LogP contribution in [0.5, 0.6) is 0 Å². The summed E-state index contributed by atoms with van der Waals surface area (Å²) in [5.74, 6) is -0.328. The maximum atomic E-state index is 13.6. The van der Waals surface area contributed by atoms with Gasteiger partial charge in [-0.25, -0.2) is 13.8 Å². The molecule has 0 bridgehead atoms. The van der Waals surface area contributed by atoms with Gasteiger partial charge in [-0.15, -0.1) is 0 Å². The first-order chi connectivity index (χ1) is 12.6. The lowest BCUT2D eigenvalue weighted by Crippen LogP contribution is -2.23. The summed E-state index contributed by atoms with van der Waals surface area (Å²) in [6.07, 6.45) is 1.45. The Labute approximate surface area is 149 Å². The lowest BCUT2D eigenvalue weighted by molar-refractivity contribution is 0.0950. The smallest absolute Gasteiger partial charge is 0.253 e. The van der Waals surface area contributed by atoms with Crippen LogP contribution in [0.15, 0.2) is 66.9 Å². The zero-order valence-corrected chi connectivity index (χ0v) is 13.9. The number of amides is 1. The van der Waals surface area contributed by atoms with Gasteiger partial charge in [0.2, 0.25) is 0 Å². The third-order valence-electron chi connectivity index (χ3n) is 3.81. The van der Waals surface area contributed by atoms with Gasteiger partial charge in [-0.2, -0.15) is 0 Å². The first-order valence-electron chi connectivity index (χ1n) is 8.08. The van der Waals surface area contributed by atoms with E-state index in [1.54, 1.807) is 42.5 Å². The molecule has 3 aromatic rings. The molecule has 0 spiro atoms. The number of anilines is 1. The molecule has 132 valence electrons. The predicted octanol–water partition coefficient (Wildman–Crippen LogP) is 3.90. The van der Waals surface area contributed by atoms with Crippen molar-refractivity contribution in [3.63, 3.8) is 0 Å². The van der Waals surface area contributed by atoms with Gasteiger partial charge < -0.3 is 10.6 Å². The Kier molecular flexibility index (Phi) is 5.53. The maximum Gasteiger partial charge on any atom is 0.253 e. The highest BCUT2D eigenvalue weighted by Crippen LogP contribution is 2.11. The number of nitrogens with one attached hydrogen (secondary N) is 2. The van der Waals surface area contributed by atoms with E-state index >= 15 is 0 Å². The molecule has 0 aliphatic rings. The monoisotopic (exact) mass is 353 g/mol. The molecule has 6 heteroatoms. The van der Waals surface area contributed by atoms with Crippen molar-refractivity contribution in [3.05, 3.63) is 95.2 Å². The summed E-state index contributed by atoms with van der Waals surface area (Å²) in [5, 5.41) is 5.76. The zero-order chi connectivity index (χ0) is 18.4. The fraction of sp³-hybridized carbons (Fsp3) is 0.100. The standard InChI is InChI=1S/C20H17F2N3O/c21-17-8-5-14(6-9-17)11-25-20(26)16-7-10-19(24-13-16)23-12-15-3-1-2-4-18(15)22/h1-10,13H,11-12H2,(H,23,24)(H,25,26). The van der Waals surface area contributed by atoms with Crippen LogP contribution in [-0.4, -0.2) is 10.9 Å². The molecule has 0 radical (unpaired) electrons. The summed E-state index contributed by atoms with van der Waals surface area (Å²) in [4.78, 5) is 16.3. The number of carbonyl (C=O) groups is 1. The Hall–Kier alpha value is -3.28. The molecule has 0 atom stereocenters. The van der Waals surface area contributed by atoms with Crippen LogP contribution in [0.1, 0.15) is 21.5 Å². The van der Waals surface area contributed by atoms with Crippen LogP contribution in [0.3, 0.4) is 0 Å². The molecular formula is C20H17F2N3O. The van der Waals surface area contributed by atoms with Crippen molar-refractivity contribution < 1.29 is 13.6 Å². The first kappa shape index (κ1) is 17.5. The molecule has 0 aliphatic heterocycles. The molecule has 26 heavy (non-hydrogen) atoms. The van der Waals surface area contributed by atoms with E-state index in [0.717, 1.165) is 5.56 Å². The van der Waals surface area contributed by atoms with Crippen LogP contribution >= 0.6 is 0 Å². The summed E-state index contributed by atoms with van der Waals surface area (Å²) in [5.41, 5.74) is 1.75. The van der Waals surface area contributed by atoms with Crippen LogP contribution < -0.4 is 10.6 Å². The van der Waals surface area contributed by atoms with Gasteiger partial charge in [-0.1, -0.05) is 30.3 Å². The molecule has 0 saturated heterocycles. The molecule has 1 heterocycles. The van der Waals surface area contributed by atoms with Gasteiger partial charge in [-0.05, 0) is 35.9 Å². The van der Waals surface area contributed by atoms with E-state index in [-0.39, 0.29) is 17.5 Å². The van der Waals surface area contributed by atoms with Gasteiger partial charge in [0, 0.05) is 24.8 Å². The van der Waals surface area contributed by atoms with Crippen molar-refractivity contribution in [2.75, 3.05) is 5.32 Å². The number of hydrogen-bond donors (Lipinski definition) is 2. The second-order valence-corrected chi connectivity index (χ2v) is 5.69. The molecule has 0 saturated carbocycles. The molecule has 3 rings (SSSR count). The van der Waals surface area contributed by atoms with Crippen LogP contribution in [0.25, 0.3) is 0 Å². The summed E-state index contributed by atoms with van der Waals surface area (Å²) >= 11 is 0. The van der Waals surface area contributed by atoms with Gasteiger partial charge in [0.25, 0.3) is 5.91 Å². The number of nitrogens with zero attached hydrogens (tertiary/aromatic N) is 1. The van der Waals surface area contributed by atoms with Gasteiger partial charge in [0.15, 0.2) is 0 Å². The number of hydrogen-bond acceptors (Lipinski definition) is 3. The highest BCUT2D eigenvalue weighted by atomic mass is 19.1. The summed E-state index contributed by atoms with van der Waals surface area (Å²) in [7, 11) is 0. The lowest BCUT2D eigenvalue weighted by Gasteiger charge is -2.08. The second-order valence-electron chi connectivity index (χ2n) is 5.69. The van der Waals surface area contributed by atoms with E-state index in [4.69, 9.17) is 0 Å². The van der Waals surface area contributed by atoms with Crippen molar-refractivity contribution >= 4 is 11.7 Å². The molecular weight excluding hydrogens is 336 g/mol. The predicted molar refractivity (Wildman–Crippen MR) is 95.5 cm³/mol. The molecule has 0 aliphatic carbocycles. The largest absolute Gasteiger partial charge is 0.366 e. The topological polar surface area (TPSA) is 54.0 Å². The van der Waals surface area contributed by atoms with Gasteiger partial charge in [0.05, 0.1) is 5.56 Å². The van der Waals surface area contributed by atoms with Gasteiger partial charge >= 0.3 is 0 Å². The van der Waals surface area contributed by atoms with Crippen molar-refractivity contribution in [1.82, 2.24) is 10.3 Å². The number of aromatic nitrogens is 1. The van der Waals surface area contributed by atoms with E-state index in [1.807, 2.05) is 0 Å². The van der Waals surface area contributed by atoms with E-state index in [2.05, 4.69) is 15.6 Å². The van der Waals surface area contributed by atoms with Crippen LogP contribution in [-0.2, 0) is 13.1 Å². The van der Waals surface area contributed by atoms with Crippen LogP contribution in [0.2, 0.25) is 0 Å². The third-order valence-corrected chi connectivity index (χ3v) is 3.81. The Morgan fingerprint density at radius 2 is 1.69 bits per heavy atom. The molecule has 2 aromatic carbocycles. The lowest BCUT2D eigenvalue weighted by atomic mass is 10.2. The minimum atomic E-state index is -0.317. The Bertz CT molecular complexity index is 880. The Morgan fingerprint density at radius 3 is 2.38 bits per heavy atom. The fourth-order valence-corrected chi connectivity index (χ4v) is 2.35. The van der Waals surface area contributed by atoms with E-state index in [9.17, 15) is 13.6 Å². The maximum absolute atomic E-state index is 13.6. The number of halogens is 2. The molecule has 2 N–H and O–H groups in total.